The molecular formula is C25H32O6. The number of carbonyl (C=O) groups is 1. The number of aromatic hydroxyl groups is 3. The number of hydrogen-bond donors (Lipinski definition) is 4. The van der Waals surface area contributed by atoms with Crippen molar-refractivity contribution in [1.82, 2.24) is 0 Å². The Morgan fingerprint density at radius 3 is 2.52 bits per heavy atom. The zero-order valence-corrected chi connectivity index (χ0v) is 18.4. The van der Waals surface area contributed by atoms with Crippen LogP contribution in [0.1, 0.15) is 62.4 Å². The molecule has 168 valence electrons. The number of para-hydroxylation sites is 1. The van der Waals surface area contributed by atoms with E-state index in [4.69, 9.17) is 9.84 Å². The van der Waals surface area contributed by atoms with Gasteiger partial charge in [0.15, 0.2) is 5.78 Å². The maximum absolute atomic E-state index is 11.3. The lowest BCUT2D eigenvalue weighted by Crippen LogP contribution is -2.17. The average molecular weight is 429 g/mol. The summed E-state index contributed by atoms with van der Waals surface area (Å²) < 4.78 is 5.11. The second-order valence-corrected chi connectivity index (χ2v) is 8.41. The van der Waals surface area contributed by atoms with Gasteiger partial charge >= 0.3 is 0 Å². The van der Waals surface area contributed by atoms with E-state index >= 15 is 0 Å². The molecule has 0 spiro atoms. The van der Waals surface area contributed by atoms with Crippen LogP contribution < -0.4 is 4.74 Å². The predicted molar refractivity (Wildman–Crippen MR) is 120 cm³/mol. The molecule has 31 heavy (non-hydrogen) atoms. The van der Waals surface area contributed by atoms with Crippen molar-refractivity contribution in [2.45, 2.75) is 58.5 Å². The second-order valence-electron chi connectivity index (χ2n) is 8.41. The van der Waals surface area contributed by atoms with Crippen LogP contribution in [-0.4, -0.2) is 38.4 Å². The summed E-state index contributed by atoms with van der Waals surface area (Å²) in [5.74, 6) is 0.135. The minimum Gasteiger partial charge on any atom is -0.508 e. The van der Waals surface area contributed by atoms with Crippen molar-refractivity contribution in [2.75, 3.05) is 6.61 Å². The van der Waals surface area contributed by atoms with Gasteiger partial charge in [0.25, 0.3) is 0 Å². The first-order valence-electron chi connectivity index (χ1n) is 10.4. The largest absolute Gasteiger partial charge is 0.508 e. The summed E-state index contributed by atoms with van der Waals surface area (Å²) in [6.45, 7) is 6.08. The monoisotopic (exact) mass is 428 g/mol. The molecule has 0 unspecified atom stereocenters. The average Bonchev–Trinajstić information content (AvgIpc) is 2.66. The third-order valence-corrected chi connectivity index (χ3v) is 4.95. The van der Waals surface area contributed by atoms with Crippen LogP contribution in [0.15, 0.2) is 48.0 Å². The molecule has 0 bridgehead atoms. The Hall–Kier alpha value is -2.99. The Morgan fingerprint density at radius 2 is 1.84 bits per heavy atom. The van der Waals surface area contributed by atoms with E-state index in [0.717, 1.165) is 37.3 Å². The molecule has 0 radical (unpaired) electrons. The number of ether oxygens (including phenoxy) is 1. The van der Waals surface area contributed by atoms with Gasteiger partial charge in [-0.15, -0.1) is 0 Å². The Balaban J connectivity index is 0.000000231. The van der Waals surface area contributed by atoms with Crippen molar-refractivity contribution in [1.29, 1.82) is 0 Å². The standard InChI is InChI=1S/C16H24O2.C9H8O4/c1-13(7-6-12-16(2,3)18)10-11-14-8-4-5-9-15(14)17;10-5-3-7(12)9-6(11)1-2-13-8(9)4-5/h4-5,8-10,17-18H,6-7,11-12H2,1-3H3;3-4,10,12H,1-2H2/b13-10+;. The van der Waals surface area contributed by atoms with Gasteiger partial charge in [0.1, 0.15) is 28.6 Å². The van der Waals surface area contributed by atoms with Gasteiger partial charge in [-0.25, -0.2) is 0 Å². The van der Waals surface area contributed by atoms with Gasteiger partial charge in [0.05, 0.1) is 12.2 Å². The van der Waals surface area contributed by atoms with E-state index in [0.29, 0.717) is 12.4 Å². The van der Waals surface area contributed by atoms with Gasteiger partial charge in [-0.1, -0.05) is 29.8 Å². The summed E-state index contributed by atoms with van der Waals surface area (Å²) in [4.78, 5) is 11.3. The van der Waals surface area contributed by atoms with E-state index < -0.39 is 5.60 Å². The molecule has 2 aromatic rings. The minimum atomic E-state index is -0.571. The molecule has 0 aromatic heterocycles. The molecular weight excluding hydrogens is 396 g/mol. The first-order valence-corrected chi connectivity index (χ1v) is 10.4. The lowest BCUT2D eigenvalue weighted by Gasteiger charge is -2.16. The molecule has 2 aromatic carbocycles. The summed E-state index contributed by atoms with van der Waals surface area (Å²) in [6.07, 6.45) is 5.99. The molecule has 4 N–H and O–H groups in total. The zero-order valence-electron chi connectivity index (χ0n) is 18.4. The van der Waals surface area contributed by atoms with E-state index in [1.54, 1.807) is 6.07 Å². The second kappa shape index (κ2) is 10.9. The highest BCUT2D eigenvalue weighted by molar-refractivity contribution is 6.02. The Kier molecular flexibility index (Phi) is 8.51. The maximum Gasteiger partial charge on any atom is 0.173 e. The van der Waals surface area contributed by atoms with Crippen molar-refractivity contribution in [3.63, 3.8) is 0 Å². The number of carbonyl (C=O) groups excluding carboxylic acids is 1. The SMILES string of the molecule is C/C(=C\Cc1ccccc1O)CCCC(C)(C)O.O=C1CCOc2cc(O)cc(O)c21. The number of benzene rings is 2. The number of rotatable bonds is 6. The van der Waals surface area contributed by atoms with Gasteiger partial charge in [-0.2, -0.15) is 0 Å². The molecule has 0 fully saturated rings. The first-order chi connectivity index (χ1) is 14.6. The number of allylic oxidation sites excluding steroid dienone is 2. The summed E-state index contributed by atoms with van der Waals surface area (Å²) in [5, 5.41) is 37.7. The van der Waals surface area contributed by atoms with Crippen LogP contribution in [-0.2, 0) is 6.42 Å². The fourth-order valence-electron chi connectivity index (χ4n) is 3.23. The summed E-state index contributed by atoms with van der Waals surface area (Å²) in [6, 6.07) is 9.88. The molecule has 1 heterocycles. The molecule has 0 saturated carbocycles. The molecule has 3 rings (SSSR count). The summed E-state index contributed by atoms with van der Waals surface area (Å²) in [7, 11) is 0. The normalized spacial score (nSPS) is 13.7. The Morgan fingerprint density at radius 1 is 1.13 bits per heavy atom. The van der Waals surface area contributed by atoms with Crippen molar-refractivity contribution in [2.24, 2.45) is 0 Å². The van der Waals surface area contributed by atoms with E-state index in [2.05, 4.69) is 13.0 Å². The maximum atomic E-state index is 11.3. The molecule has 0 saturated heterocycles. The molecule has 6 nitrogen and oxygen atoms in total. The molecule has 1 aliphatic heterocycles. The molecule has 6 heteroatoms. The highest BCUT2D eigenvalue weighted by Crippen LogP contribution is 2.35. The van der Waals surface area contributed by atoms with Gasteiger partial charge in [-0.05, 0) is 58.1 Å². The molecule has 0 aliphatic carbocycles. The van der Waals surface area contributed by atoms with E-state index in [1.807, 2.05) is 32.0 Å². The third kappa shape index (κ3) is 7.98. The smallest absolute Gasteiger partial charge is 0.173 e. The molecule has 0 atom stereocenters. The number of fused-ring (bicyclic) bond motifs is 1. The number of phenolic OH excluding ortho intramolecular Hbond substituents is 3. The first kappa shape index (κ1) is 24.3. The molecule has 0 amide bonds. The highest BCUT2D eigenvalue weighted by Gasteiger charge is 2.22. The number of Topliss-reactive ketones (excluding diaryl/α,β-unsaturated/α-hetero) is 1. The number of hydrogen-bond acceptors (Lipinski definition) is 6. The lowest BCUT2D eigenvalue weighted by molar-refractivity contribution is 0.0689. The van der Waals surface area contributed by atoms with E-state index in [-0.39, 0.29) is 35.0 Å². The van der Waals surface area contributed by atoms with Gasteiger partial charge in [0, 0.05) is 18.6 Å². The van der Waals surface area contributed by atoms with Crippen molar-refractivity contribution in [3.05, 3.63) is 59.2 Å². The minimum absolute atomic E-state index is 0.106. The van der Waals surface area contributed by atoms with E-state index in [9.17, 15) is 20.1 Å². The van der Waals surface area contributed by atoms with Crippen LogP contribution >= 0.6 is 0 Å². The van der Waals surface area contributed by atoms with Crippen LogP contribution in [0, 0.1) is 0 Å². The van der Waals surface area contributed by atoms with Crippen LogP contribution in [0.25, 0.3) is 0 Å². The quantitative estimate of drug-likeness (QED) is 0.488. The predicted octanol–water partition coefficient (Wildman–Crippen LogP) is 4.89. The van der Waals surface area contributed by atoms with Crippen LogP contribution in [0.5, 0.6) is 23.0 Å². The van der Waals surface area contributed by atoms with Crippen molar-refractivity contribution >= 4 is 5.78 Å². The summed E-state index contributed by atoms with van der Waals surface area (Å²) in [5.41, 5.74) is 1.86. The number of ketones is 1. The van der Waals surface area contributed by atoms with Crippen LogP contribution in [0.2, 0.25) is 0 Å². The zero-order chi connectivity index (χ0) is 23.0. The lowest BCUT2D eigenvalue weighted by atomic mass is 9.98. The highest BCUT2D eigenvalue weighted by atomic mass is 16.5. The van der Waals surface area contributed by atoms with Gasteiger partial charge < -0.3 is 25.2 Å². The summed E-state index contributed by atoms with van der Waals surface area (Å²) >= 11 is 0. The Labute approximate surface area is 183 Å². The Bertz CT molecular complexity index is 924. The van der Waals surface area contributed by atoms with Crippen LogP contribution in [0.4, 0.5) is 0 Å². The van der Waals surface area contributed by atoms with Crippen LogP contribution in [0.3, 0.4) is 0 Å². The van der Waals surface area contributed by atoms with Crippen molar-refractivity contribution < 1.29 is 30.0 Å². The number of phenols is 3. The third-order valence-electron chi connectivity index (χ3n) is 4.95. The topological polar surface area (TPSA) is 107 Å². The van der Waals surface area contributed by atoms with E-state index in [1.165, 1.54) is 11.6 Å². The molecule has 1 aliphatic rings. The van der Waals surface area contributed by atoms with Gasteiger partial charge in [-0.3, -0.25) is 4.79 Å². The fraction of sp³-hybridized carbons (Fsp3) is 0.400. The fourth-order valence-corrected chi connectivity index (χ4v) is 3.23. The van der Waals surface area contributed by atoms with Crippen molar-refractivity contribution in [3.8, 4) is 23.0 Å². The van der Waals surface area contributed by atoms with Gasteiger partial charge in [0.2, 0.25) is 0 Å². The number of aliphatic hydroxyl groups is 1.